The lowest BCUT2D eigenvalue weighted by Gasteiger charge is -2.39. The molecule has 0 bridgehead atoms. The SMILES string of the molecule is CCO[Si](C)(OCC)C(CC)N(CC)CC. The third-order valence-corrected chi connectivity index (χ3v) is 6.81. The first kappa shape index (κ1) is 16.1. The molecule has 0 aliphatic carbocycles. The van der Waals surface area contributed by atoms with E-state index in [1.165, 1.54) is 0 Å². The average molecular weight is 247 g/mol. The molecule has 0 N–H and O–H groups in total. The van der Waals surface area contributed by atoms with Gasteiger partial charge in [-0.25, -0.2) is 0 Å². The minimum atomic E-state index is -2.06. The fraction of sp³-hybridized carbons (Fsp3) is 1.00. The van der Waals surface area contributed by atoms with Gasteiger partial charge in [-0.2, -0.15) is 0 Å². The summed E-state index contributed by atoms with van der Waals surface area (Å²) in [5, 5.41) is 0. The molecular formula is C12H29NO2Si. The van der Waals surface area contributed by atoms with Crippen molar-refractivity contribution in [3.05, 3.63) is 0 Å². The molecule has 0 heterocycles. The number of nitrogens with zero attached hydrogens (tertiary/aromatic N) is 1. The monoisotopic (exact) mass is 247 g/mol. The van der Waals surface area contributed by atoms with E-state index in [1.54, 1.807) is 0 Å². The highest BCUT2D eigenvalue weighted by atomic mass is 28.4. The summed E-state index contributed by atoms with van der Waals surface area (Å²) in [5.41, 5.74) is 0.461. The number of hydrogen-bond donors (Lipinski definition) is 0. The van der Waals surface area contributed by atoms with Gasteiger partial charge in [0.05, 0.1) is 5.67 Å². The fourth-order valence-electron chi connectivity index (χ4n) is 2.43. The van der Waals surface area contributed by atoms with E-state index in [2.05, 4.69) is 46.1 Å². The van der Waals surface area contributed by atoms with Crippen molar-refractivity contribution in [2.75, 3.05) is 26.3 Å². The van der Waals surface area contributed by atoms with E-state index in [4.69, 9.17) is 8.85 Å². The van der Waals surface area contributed by atoms with Crippen LogP contribution in [0.3, 0.4) is 0 Å². The summed E-state index contributed by atoms with van der Waals surface area (Å²) in [6.45, 7) is 16.6. The van der Waals surface area contributed by atoms with Crippen LogP contribution in [0.5, 0.6) is 0 Å². The van der Waals surface area contributed by atoms with E-state index in [-0.39, 0.29) is 0 Å². The van der Waals surface area contributed by atoms with Gasteiger partial charge < -0.3 is 8.85 Å². The predicted molar refractivity (Wildman–Crippen MR) is 71.9 cm³/mol. The molecule has 4 heteroatoms. The van der Waals surface area contributed by atoms with Gasteiger partial charge in [0.1, 0.15) is 0 Å². The van der Waals surface area contributed by atoms with Crippen molar-refractivity contribution in [2.45, 2.75) is 53.3 Å². The lowest BCUT2D eigenvalue weighted by Crippen LogP contribution is -2.58. The molecule has 0 rings (SSSR count). The molecular weight excluding hydrogens is 218 g/mol. The fourth-order valence-corrected chi connectivity index (χ4v) is 5.82. The highest BCUT2D eigenvalue weighted by molar-refractivity contribution is 6.67. The van der Waals surface area contributed by atoms with Crippen LogP contribution in [0.4, 0.5) is 0 Å². The first-order valence-corrected chi connectivity index (χ1v) is 9.00. The Bertz CT molecular complexity index is 168. The normalized spacial score (nSPS) is 14.4. The van der Waals surface area contributed by atoms with Gasteiger partial charge in [-0.3, -0.25) is 4.90 Å². The minimum Gasteiger partial charge on any atom is -0.394 e. The summed E-state index contributed by atoms with van der Waals surface area (Å²) in [4.78, 5) is 2.47. The lowest BCUT2D eigenvalue weighted by atomic mass is 10.4. The summed E-state index contributed by atoms with van der Waals surface area (Å²) in [6, 6.07) is 0. The smallest absolute Gasteiger partial charge is 0.352 e. The molecule has 0 fully saturated rings. The molecule has 0 amide bonds. The second kappa shape index (κ2) is 8.23. The van der Waals surface area contributed by atoms with Gasteiger partial charge in [0.25, 0.3) is 0 Å². The summed E-state index contributed by atoms with van der Waals surface area (Å²) in [6.07, 6.45) is 1.10. The van der Waals surface area contributed by atoms with Crippen LogP contribution in [-0.4, -0.2) is 45.4 Å². The second-order valence-electron chi connectivity index (χ2n) is 4.03. The van der Waals surface area contributed by atoms with Crippen molar-refractivity contribution in [3.8, 4) is 0 Å². The molecule has 1 unspecified atom stereocenters. The number of hydrogen-bond acceptors (Lipinski definition) is 3. The Morgan fingerprint density at radius 2 is 1.38 bits per heavy atom. The molecule has 98 valence electrons. The quantitative estimate of drug-likeness (QED) is 0.585. The van der Waals surface area contributed by atoms with Crippen LogP contribution < -0.4 is 0 Å². The topological polar surface area (TPSA) is 21.7 Å². The number of rotatable bonds is 9. The van der Waals surface area contributed by atoms with Crippen molar-refractivity contribution in [1.82, 2.24) is 4.90 Å². The third kappa shape index (κ3) is 4.16. The van der Waals surface area contributed by atoms with Gasteiger partial charge in [-0.05, 0) is 39.9 Å². The van der Waals surface area contributed by atoms with Gasteiger partial charge in [0, 0.05) is 13.2 Å². The summed E-state index contributed by atoms with van der Waals surface area (Å²) >= 11 is 0. The van der Waals surface area contributed by atoms with Crippen LogP contribution in [0.2, 0.25) is 6.55 Å². The van der Waals surface area contributed by atoms with Crippen molar-refractivity contribution in [2.24, 2.45) is 0 Å². The molecule has 0 radical (unpaired) electrons. The van der Waals surface area contributed by atoms with Crippen LogP contribution in [0, 0.1) is 0 Å². The summed E-state index contributed by atoms with van der Waals surface area (Å²) in [5.74, 6) is 0. The van der Waals surface area contributed by atoms with Crippen molar-refractivity contribution in [1.29, 1.82) is 0 Å². The second-order valence-corrected chi connectivity index (χ2v) is 7.30. The molecule has 1 atom stereocenters. The Morgan fingerprint density at radius 1 is 0.938 bits per heavy atom. The molecule has 0 saturated heterocycles. The summed E-state index contributed by atoms with van der Waals surface area (Å²) < 4.78 is 12.0. The van der Waals surface area contributed by atoms with E-state index >= 15 is 0 Å². The molecule has 0 aliphatic heterocycles. The maximum Gasteiger partial charge on any atom is 0.352 e. The van der Waals surface area contributed by atoms with E-state index in [0.717, 1.165) is 32.7 Å². The van der Waals surface area contributed by atoms with Gasteiger partial charge in [-0.15, -0.1) is 0 Å². The molecule has 0 aromatic heterocycles. The van der Waals surface area contributed by atoms with Crippen LogP contribution in [0.1, 0.15) is 41.0 Å². The molecule has 0 saturated carbocycles. The van der Waals surface area contributed by atoms with Crippen LogP contribution >= 0.6 is 0 Å². The molecule has 0 aromatic rings. The zero-order valence-electron chi connectivity index (χ0n) is 11.9. The molecule has 0 spiro atoms. The first-order valence-electron chi connectivity index (χ1n) is 6.61. The standard InChI is InChI=1S/C12H29NO2Si/c1-7-12(13(8-2)9-3)16(6,14-10-4)15-11-5/h12H,7-11H2,1-6H3. The molecule has 0 aromatic carbocycles. The first-order chi connectivity index (χ1) is 7.59. The molecule has 0 aliphatic rings. The largest absolute Gasteiger partial charge is 0.394 e. The van der Waals surface area contributed by atoms with Gasteiger partial charge in [0.2, 0.25) is 0 Å². The van der Waals surface area contributed by atoms with Gasteiger partial charge >= 0.3 is 8.56 Å². The maximum absolute atomic E-state index is 5.98. The highest BCUT2D eigenvalue weighted by Gasteiger charge is 2.42. The highest BCUT2D eigenvalue weighted by Crippen LogP contribution is 2.20. The van der Waals surface area contributed by atoms with E-state index in [9.17, 15) is 0 Å². The van der Waals surface area contributed by atoms with Crippen LogP contribution in [-0.2, 0) is 8.85 Å². The average Bonchev–Trinajstić information content (AvgIpc) is 2.26. The van der Waals surface area contributed by atoms with Gasteiger partial charge in [0.15, 0.2) is 0 Å². The third-order valence-electron chi connectivity index (χ3n) is 3.11. The van der Waals surface area contributed by atoms with Crippen molar-refractivity contribution >= 4 is 8.56 Å². The molecule has 3 nitrogen and oxygen atoms in total. The zero-order chi connectivity index (χ0) is 12.6. The van der Waals surface area contributed by atoms with Crippen LogP contribution in [0.15, 0.2) is 0 Å². The Balaban J connectivity index is 4.80. The lowest BCUT2D eigenvalue weighted by molar-refractivity contribution is 0.134. The van der Waals surface area contributed by atoms with E-state index in [1.807, 2.05) is 0 Å². The van der Waals surface area contributed by atoms with E-state index in [0.29, 0.717) is 5.67 Å². The Hall–Kier alpha value is 0.0969. The maximum atomic E-state index is 5.98. The minimum absolute atomic E-state index is 0.461. The zero-order valence-corrected chi connectivity index (χ0v) is 12.9. The van der Waals surface area contributed by atoms with Gasteiger partial charge in [-0.1, -0.05) is 20.8 Å². The Kier molecular flexibility index (Phi) is 8.28. The van der Waals surface area contributed by atoms with Crippen molar-refractivity contribution in [3.63, 3.8) is 0 Å². The van der Waals surface area contributed by atoms with Crippen LogP contribution in [0.25, 0.3) is 0 Å². The predicted octanol–water partition coefficient (Wildman–Crippen LogP) is 2.79. The summed E-state index contributed by atoms with van der Waals surface area (Å²) in [7, 11) is -2.06. The Labute approximate surface area is 102 Å². The Morgan fingerprint density at radius 3 is 1.62 bits per heavy atom. The molecule has 16 heavy (non-hydrogen) atoms. The van der Waals surface area contributed by atoms with Crippen molar-refractivity contribution < 1.29 is 8.85 Å². The van der Waals surface area contributed by atoms with E-state index < -0.39 is 8.56 Å².